The van der Waals surface area contributed by atoms with Crippen LogP contribution < -0.4 is 0 Å². The minimum atomic E-state index is -0.118. The van der Waals surface area contributed by atoms with Gasteiger partial charge in [-0.2, -0.15) is 0 Å². The third-order valence-corrected chi connectivity index (χ3v) is 6.68. The van der Waals surface area contributed by atoms with Gasteiger partial charge in [-0.25, -0.2) is 0 Å². The van der Waals surface area contributed by atoms with Crippen LogP contribution in [0.4, 0.5) is 0 Å². The predicted molar refractivity (Wildman–Crippen MR) is 91.7 cm³/mol. The Morgan fingerprint density at radius 2 is 1.83 bits per heavy atom. The van der Waals surface area contributed by atoms with Crippen LogP contribution in [0, 0.1) is 17.3 Å². The van der Waals surface area contributed by atoms with Crippen molar-refractivity contribution in [1.82, 2.24) is 4.90 Å². The van der Waals surface area contributed by atoms with Crippen molar-refractivity contribution in [1.29, 1.82) is 0 Å². The maximum atomic E-state index is 13.2. The zero-order chi connectivity index (χ0) is 16.6. The summed E-state index contributed by atoms with van der Waals surface area (Å²) in [6, 6.07) is 0. The number of Topliss-reactive ketones (excluding diaryl/α,β-unsaturated/α-hetero) is 1. The van der Waals surface area contributed by atoms with Crippen LogP contribution in [0.1, 0.15) is 78.6 Å². The van der Waals surface area contributed by atoms with E-state index in [4.69, 9.17) is 0 Å². The molecule has 3 fully saturated rings. The van der Waals surface area contributed by atoms with Gasteiger partial charge in [-0.05, 0) is 64.2 Å². The van der Waals surface area contributed by atoms with Crippen LogP contribution in [0.15, 0.2) is 11.3 Å². The first-order valence-corrected chi connectivity index (χ1v) is 9.54. The number of likely N-dealkylation sites (tertiary alicyclic amines) is 1. The molecular formula is C20H31NO2. The molecule has 2 saturated carbocycles. The molecular weight excluding hydrogens is 286 g/mol. The van der Waals surface area contributed by atoms with Crippen molar-refractivity contribution >= 4 is 11.7 Å². The van der Waals surface area contributed by atoms with Crippen LogP contribution in [0.25, 0.3) is 0 Å². The van der Waals surface area contributed by atoms with Crippen molar-refractivity contribution in [3.8, 4) is 0 Å². The van der Waals surface area contributed by atoms with Gasteiger partial charge in [-0.3, -0.25) is 9.59 Å². The first-order valence-electron chi connectivity index (χ1n) is 9.54. The molecule has 0 aromatic rings. The number of rotatable bonds is 4. The van der Waals surface area contributed by atoms with Crippen molar-refractivity contribution in [2.45, 2.75) is 78.6 Å². The summed E-state index contributed by atoms with van der Waals surface area (Å²) in [5, 5.41) is 0. The molecule has 1 heterocycles. The summed E-state index contributed by atoms with van der Waals surface area (Å²) < 4.78 is 0. The number of carbonyl (C=O) groups excluding carboxylic acids is 2. The number of hydrogen-bond acceptors (Lipinski definition) is 2. The Balaban J connectivity index is 1.79. The standard InChI is InChI=1S/C20H31NO2/c1-4-17(15(3)18(22)16-6-5-7-16)21-13-12-20(19(21)23)10-8-14(2)9-11-20/h14,16H,4-13H2,1-3H3/b17-15+. The Kier molecular flexibility index (Phi) is 4.66. The molecule has 1 saturated heterocycles. The summed E-state index contributed by atoms with van der Waals surface area (Å²) in [5.74, 6) is 1.57. The first kappa shape index (κ1) is 16.7. The Morgan fingerprint density at radius 3 is 2.35 bits per heavy atom. The Hall–Kier alpha value is -1.12. The van der Waals surface area contributed by atoms with Gasteiger partial charge < -0.3 is 4.90 Å². The van der Waals surface area contributed by atoms with E-state index < -0.39 is 0 Å². The fourth-order valence-corrected chi connectivity index (χ4v) is 4.63. The van der Waals surface area contributed by atoms with Crippen LogP contribution >= 0.6 is 0 Å². The molecule has 0 N–H and O–H groups in total. The highest BCUT2D eigenvalue weighted by molar-refractivity contribution is 5.98. The van der Waals surface area contributed by atoms with Crippen LogP contribution in [0.5, 0.6) is 0 Å². The average molecular weight is 317 g/mol. The van der Waals surface area contributed by atoms with Crippen molar-refractivity contribution in [2.24, 2.45) is 17.3 Å². The van der Waals surface area contributed by atoms with Crippen molar-refractivity contribution in [3.63, 3.8) is 0 Å². The monoisotopic (exact) mass is 317 g/mol. The third kappa shape index (κ3) is 2.88. The van der Waals surface area contributed by atoms with E-state index >= 15 is 0 Å². The van der Waals surface area contributed by atoms with Crippen LogP contribution in [0.2, 0.25) is 0 Å². The van der Waals surface area contributed by atoms with E-state index in [1.165, 1.54) is 19.3 Å². The Bertz CT molecular complexity index is 522. The average Bonchev–Trinajstić information content (AvgIpc) is 2.79. The fraction of sp³-hybridized carbons (Fsp3) is 0.800. The fourth-order valence-electron chi connectivity index (χ4n) is 4.63. The molecule has 0 radical (unpaired) electrons. The zero-order valence-electron chi connectivity index (χ0n) is 15.0. The van der Waals surface area contributed by atoms with Crippen LogP contribution in [-0.2, 0) is 9.59 Å². The lowest BCUT2D eigenvalue weighted by atomic mass is 9.70. The van der Waals surface area contributed by atoms with Gasteiger partial charge in [-0.1, -0.05) is 20.3 Å². The Morgan fingerprint density at radius 1 is 1.17 bits per heavy atom. The minimum absolute atomic E-state index is 0.118. The number of amides is 1. The van der Waals surface area contributed by atoms with E-state index in [1.54, 1.807) is 0 Å². The normalized spacial score (nSPS) is 32.9. The molecule has 0 unspecified atom stereocenters. The summed E-state index contributed by atoms with van der Waals surface area (Å²) in [6.45, 7) is 7.13. The van der Waals surface area contributed by atoms with Crippen molar-refractivity contribution in [2.75, 3.05) is 6.54 Å². The van der Waals surface area contributed by atoms with Gasteiger partial charge in [0.05, 0.1) is 5.41 Å². The molecule has 2 aliphatic carbocycles. The molecule has 128 valence electrons. The lowest BCUT2D eigenvalue weighted by molar-refractivity contribution is -0.136. The topological polar surface area (TPSA) is 37.4 Å². The molecule has 3 rings (SSSR count). The lowest BCUT2D eigenvalue weighted by Gasteiger charge is -2.35. The number of allylic oxidation sites excluding steroid dienone is 2. The van der Waals surface area contributed by atoms with Crippen LogP contribution in [0.3, 0.4) is 0 Å². The highest BCUT2D eigenvalue weighted by atomic mass is 16.2. The second-order valence-corrected chi connectivity index (χ2v) is 8.09. The lowest BCUT2D eigenvalue weighted by Crippen LogP contribution is -2.37. The highest BCUT2D eigenvalue weighted by Gasteiger charge is 2.48. The molecule has 1 amide bonds. The summed E-state index contributed by atoms with van der Waals surface area (Å²) in [5.41, 5.74) is 1.74. The molecule has 3 aliphatic rings. The molecule has 23 heavy (non-hydrogen) atoms. The molecule has 1 spiro atoms. The zero-order valence-corrected chi connectivity index (χ0v) is 15.0. The first-order chi connectivity index (χ1) is 11.0. The van der Waals surface area contributed by atoms with Gasteiger partial charge in [0.2, 0.25) is 5.91 Å². The second kappa shape index (κ2) is 6.41. The predicted octanol–water partition coefficient (Wildman–Crippen LogP) is 4.47. The van der Waals surface area contributed by atoms with Gasteiger partial charge in [0.15, 0.2) is 5.78 Å². The van der Waals surface area contributed by atoms with Gasteiger partial charge >= 0.3 is 0 Å². The van der Waals surface area contributed by atoms with Crippen molar-refractivity contribution < 1.29 is 9.59 Å². The van der Waals surface area contributed by atoms with E-state index in [1.807, 2.05) is 11.8 Å². The summed E-state index contributed by atoms with van der Waals surface area (Å²) in [4.78, 5) is 27.7. The van der Waals surface area contributed by atoms with Gasteiger partial charge in [0.1, 0.15) is 0 Å². The molecule has 0 aromatic heterocycles. The number of hydrogen-bond donors (Lipinski definition) is 0. The molecule has 3 nitrogen and oxygen atoms in total. The van der Waals surface area contributed by atoms with E-state index in [0.717, 1.165) is 62.3 Å². The summed E-state index contributed by atoms with van der Waals surface area (Å²) >= 11 is 0. The summed E-state index contributed by atoms with van der Waals surface area (Å²) in [6.07, 6.45) is 9.41. The maximum Gasteiger partial charge on any atom is 0.233 e. The molecule has 0 aromatic carbocycles. The molecule has 1 aliphatic heterocycles. The van der Waals surface area contributed by atoms with Crippen molar-refractivity contribution in [3.05, 3.63) is 11.3 Å². The largest absolute Gasteiger partial charge is 0.315 e. The Labute approximate surface area is 140 Å². The van der Waals surface area contributed by atoms with Gasteiger partial charge in [0, 0.05) is 23.7 Å². The van der Waals surface area contributed by atoms with E-state index in [0.29, 0.717) is 11.7 Å². The number of nitrogens with zero attached hydrogens (tertiary/aromatic N) is 1. The van der Waals surface area contributed by atoms with E-state index in [9.17, 15) is 9.59 Å². The van der Waals surface area contributed by atoms with E-state index in [2.05, 4.69) is 13.8 Å². The van der Waals surface area contributed by atoms with Gasteiger partial charge in [0.25, 0.3) is 0 Å². The number of carbonyl (C=O) groups is 2. The second-order valence-electron chi connectivity index (χ2n) is 8.09. The maximum absolute atomic E-state index is 13.2. The quantitative estimate of drug-likeness (QED) is 0.717. The summed E-state index contributed by atoms with van der Waals surface area (Å²) in [7, 11) is 0. The minimum Gasteiger partial charge on any atom is -0.315 e. The third-order valence-electron chi connectivity index (χ3n) is 6.68. The number of ketones is 1. The van der Waals surface area contributed by atoms with E-state index in [-0.39, 0.29) is 11.3 Å². The van der Waals surface area contributed by atoms with Gasteiger partial charge in [-0.15, -0.1) is 0 Å². The SMILES string of the molecule is CC/C(=C(/C)C(=O)C1CCC1)N1CCC2(CCC(C)CC2)C1=O. The molecule has 0 atom stereocenters. The smallest absolute Gasteiger partial charge is 0.233 e. The molecule has 0 bridgehead atoms. The highest BCUT2D eigenvalue weighted by Crippen LogP contribution is 2.47. The molecule has 3 heteroatoms. The van der Waals surface area contributed by atoms with Crippen LogP contribution in [-0.4, -0.2) is 23.1 Å².